The molecule has 0 fully saturated rings. The quantitative estimate of drug-likeness (QED) is 0.861. The molecule has 1 amide bonds. The number of benzene rings is 1. The smallest absolute Gasteiger partial charge is 0.342 e. The third kappa shape index (κ3) is 2.19. The van der Waals surface area contributed by atoms with Gasteiger partial charge in [-0.1, -0.05) is 18.5 Å². The Bertz CT molecular complexity index is 564. The van der Waals surface area contributed by atoms with Crippen LogP contribution in [0, 0.1) is 0 Å². The fourth-order valence-electron chi connectivity index (χ4n) is 1.58. The van der Waals surface area contributed by atoms with Crippen molar-refractivity contribution in [1.29, 1.82) is 0 Å². The van der Waals surface area contributed by atoms with Crippen LogP contribution in [-0.4, -0.2) is 22.4 Å². The summed E-state index contributed by atoms with van der Waals surface area (Å²) >= 11 is 5.87. The maximum absolute atomic E-state index is 11.8. The standard InChI is InChI=1S/C11H13ClN4O/c1-2-5-14-11(17)16-9-4-3-7(12)6-8(9)10(13)15-16/h3-4,6H,2,5H2,1H3,(H2,13,15)(H,14,17). The molecule has 5 nitrogen and oxygen atoms in total. The van der Waals surface area contributed by atoms with Crippen molar-refractivity contribution in [2.45, 2.75) is 13.3 Å². The van der Waals surface area contributed by atoms with Crippen LogP contribution in [0.25, 0.3) is 10.9 Å². The van der Waals surface area contributed by atoms with E-state index in [1.54, 1.807) is 18.2 Å². The average molecular weight is 253 g/mol. The van der Waals surface area contributed by atoms with Gasteiger partial charge in [-0.05, 0) is 24.6 Å². The molecule has 0 atom stereocenters. The molecule has 1 aromatic carbocycles. The van der Waals surface area contributed by atoms with E-state index in [2.05, 4.69) is 10.4 Å². The van der Waals surface area contributed by atoms with Crippen LogP contribution in [0.4, 0.5) is 10.6 Å². The second-order valence-corrected chi connectivity index (χ2v) is 4.13. The van der Waals surface area contributed by atoms with E-state index in [-0.39, 0.29) is 6.03 Å². The molecule has 0 aliphatic carbocycles. The molecular formula is C11H13ClN4O. The normalized spacial score (nSPS) is 10.7. The molecule has 0 bridgehead atoms. The average Bonchev–Trinajstić information content (AvgIpc) is 2.64. The summed E-state index contributed by atoms with van der Waals surface area (Å²) < 4.78 is 1.26. The van der Waals surface area contributed by atoms with Gasteiger partial charge in [0.2, 0.25) is 0 Å². The van der Waals surface area contributed by atoms with Crippen LogP contribution in [0.5, 0.6) is 0 Å². The number of amides is 1. The van der Waals surface area contributed by atoms with Gasteiger partial charge in [0.1, 0.15) is 0 Å². The molecular weight excluding hydrogens is 240 g/mol. The molecule has 0 saturated carbocycles. The largest absolute Gasteiger partial charge is 0.382 e. The van der Waals surface area contributed by atoms with E-state index in [0.29, 0.717) is 28.3 Å². The van der Waals surface area contributed by atoms with Crippen molar-refractivity contribution in [3.63, 3.8) is 0 Å². The van der Waals surface area contributed by atoms with Gasteiger partial charge in [-0.15, -0.1) is 5.10 Å². The van der Waals surface area contributed by atoms with E-state index in [1.807, 2.05) is 6.92 Å². The first-order chi connectivity index (χ1) is 8.13. The Morgan fingerprint density at radius 2 is 2.35 bits per heavy atom. The number of nitrogen functional groups attached to an aromatic ring is 1. The molecule has 1 aromatic heterocycles. The number of fused-ring (bicyclic) bond motifs is 1. The second-order valence-electron chi connectivity index (χ2n) is 3.69. The van der Waals surface area contributed by atoms with E-state index in [4.69, 9.17) is 17.3 Å². The molecule has 0 radical (unpaired) electrons. The fraction of sp³-hybridized carbons (Fsp3) is 0.273. The summed E-state index contributed by atoms with van der Waals surface area (Å²) in [4.78, 5) is 11.8. The lowest BCUT2D eigenvalue weighted by atomic mass is 10.2. The molecule has 0 aliphatic heterocycles. The summed E-state index contributed by atoms with van der Waals surface area (Å²) in [6.45, 7) is 2.59. The second kappa shape index (κ2) is 4.63. The van der Waals surface area contributed by atoms with Gasteiger partial charge in [-0.2, -0.15) is 4.68 Å². The maximum atomic E-state index is 11.8. The topological polar surface area (TPSA) is 72.9 Å². The molecule has 17 heavy (non-hydrogen) atoms. The van der Waals surface area contributed by atoms with Crippen molar-refractivity contribution in [2.75, 3.05) is 12.3 Å². The van der Waals surface area contributed by atoms with Gasteiger partial charge in [-0.3, -0.25) is 0 Å². The van der Waals surface area contributed by atoms with Gasteiger partial charge in [0.05, 0.1) is 5.52 Å². The minimum absolute atomic E-state index is 0.282. The van der Waals surface area contributed by atoms with Gasteiger partial charge < -0.3 is 11.1 Å². The Labute approximate surface area is 104 Å². The van der Waals surface area contributed by atoms with E-state index in [1.165, 1.54) is 4.68 Å². The van der Waals surface area contributed by atoms with Crippen LogP contribution in [-0.2, 0) is 0 Å². The number of carbonyl (C=O) groups is 1. The van der Waals surface area contributed by atoms with Crippen molar-refractivity contribution >= 4 is 34.4 Å². The summed E-state index contributed by atoms with van der Waals surface area (Å²) in [5.74, 6) is 0.300. The number of carbonyl (C=O) groups excluding carboxylic acids is 1. The Kier molecular flexibility index (Phi) is 3.19. The van der Waals surface area contributed by atoms with E-state index in [0.717, 1.165) is 6.42 Å². The molecule has 6 heteroatoms. The highest BCUT2D eigenvalue weighted by atomic mass is 35.5. The number of nitrogens with zero attached hydrogens (tertiary/aromatic N) is 2. The molecule has 2 rings (SSSR count). The van der Waals surface area contributed by atoms with Gasteiger partial charge in [0, 0.05) is 17.0 Å². The number of hydrogen-bond donors (Lipinski definition) is 2. The molecule has 3 N–H and O–H groups in total. The Morgan fingerprint density at radius 3 is 3.06 bits per heavy atom. The lowest BCUT2D eigenvalue weighted by molar-refractivity contribution is 0.240. The van der Waals surface area contributed by atoms with Crippen molar-refractivity contribution in [3.8, 4) is 0 Å². The lowest BCUT2D eigenvalue weighted by Crippen LogP contribution is -2.29. The zero-order valence-electron chi connectivity index (χ0n) is 9.40. The molecule has 0 unspecified atom stereocenters. The summed E-state index contributed by atoms with van der Waals surface area (Å²) in [5, 5.41) is 8.00. The monoisotopic (exact) mass is 252 g/mol. The van der Waals surface area contributed by atoms with Crippen LogP contribution < -0.4 is 11.1 Å². The van der Waals surface area contributed by atoms with Crippen LogP contribution in [0.3, 0.4) is 0 Å². The van der Waals surface area contributed by atoms with E-state index < -0.39 is 0 Å². The third-order valence-corrected chi connectivity index (χ3v) is 2.62. The molecule has 0 spiro atoms. The highest BCUT2D eigenvalue weighted by Crippen LogP contribution is 2.23. The first-order valence-corrected chi connectivity index (χ1v) is 5.73. The minimum atomic E-state index is -0.282. The molecule has 0 saturated heterocycles. The predicted octanol–water partition coefficient (Wildman–Crippen LogP) is 2.24. The third-order valence-electron chi connectivity index (χ3n) is 2.39. The summed E-state index contributed by atoms with van der Waals surface area (Å²) in [7, 11) is 0. The summed E-state index contributed by atoms with van der Waals surface area (Å²) in [6.07, 6.45) is 0.867. The van der Waals surface area contributed by atoms with Crippen LogP contribution >= 0.6 is 11.6 Å². The van der Waals surface area contributed by atoms with Gasteiger partial charge in [-0.25, -0.2) is 4.79 Å². The molecule has 1 heterocycles. The van der Waals surface area contributed by atoms with E-state index >= 15 is 0 Å². The number of halogens is 1. The SMILES string of the molecule is CCCNC(=O)n1nc(N)c2cc(Cl)ccc21. The zero-order valence-corrected chi connectivity index (χ0v) is 10.2. The number of hydrogen-bond acceptors (Lipinski definition) is 3. The number of aromatic nitrogens is 2. The Hall–Kier alpha value is -1.75. The van der Waals surface area contributed by atoms with Crippen molar-refractivity contribution in [2.24, 2.45) is 0 Å². The first kappa shape index (κ1) is 11.7. The van der Waals surface area contributed by atoms with Crippen molar-refractivity contribution in [3.05, 3.63) is 23.2 Å². The lowest BCUT2D eigenvalue weighted by Gasteiger charge is -2.03. The Morgan fingerprint density at radius 1 is 1.59 bits per heavy atom. The molecule has 90 valence electrons. The minimum Gasteiger partial charge on any atom is -0.382 e. The molecule has 2 aromatic rings. The molecule has 0 aliphatic rings. The first-order valence-electron chi connectivity index (χ1n) is 5.35. The van der Waals surface area contributed by atoms with Crippen molar-refractivity contribution < 1.29 is 4.79 Å². The van der Waals surface area contributed by atoms with Crippen molar-refractivity contribution in [1.82, 2.24) is 15.1 Å². The van der Waals surface area contributed by atoms with Crippen LogP contribution in [0.1, 0.15) is 13.3 Å². The van der Waals surface area contributed by atoms with Gasteiger partial charge in [0.25, 0.3) is 0 Å². The van der Waals surface area contributed by atoms with Crippen LogP contribution in [0.15, 0.2) is 18.2 Å². The Balaban J connectivity index is 2.45. The fourth-order valence-corrected chi connectivity index (χ4v) is 1.75. The van der Waals surface area contributed by atoms with E-state index in [9.17, 15) is 4.79 Å². The number of nitrogens with one attached hydrogen (secondary N) is 1. The summed E-state index contributed by atoms with van der Waals surface area (Å²) in [6, 6.07) is 4.85. The highest BCUT2D eigenvalue weighted by Gasteiger charge is 2.13. The highest BCUT2D eigenvalue weighted by molar-refractivity contribution is 6.31. The zero-order chi connectivity index (χ0) is 12.4. The summed E-state index contributed by atoms with van der Waals surface area (Å²) in [5.41, 5.74) is 6.40. The van der Waals surface area contributed by atoms with Gasteiger partial charge >= 0.3 is 6.03 Å². The van der Waals surface area contributed by atoms with Gasteiger partial charge in [0.15, 0.2) is 5.82 Å². The maximum Gasteiger partial charge on any atom is 0.342 e. The predicted molar refractivity (Wildman–Crippen MR) is 68.2 cm³/mol. The number of rotatable bonds is 2. The number of nitrogens with two attached hydrogens (primary N) is 1. The van der Waals surface area contributed by atoms with Crippen LogP contribution in [0.2, 0.25) is 5.02 Å². The number of anilines is 1.